The first-order valence-electron chi connectivity index (χ1n) is 10.2. The van der Waals surface area contributed by atoms with Gasteiger partial charge in [0.15, 0.2) is 0 Å². The maximum Gasteiger partial charge on any atom is 0.253 e. The van der Waals surface area contributed by atoms with Crippen molar-refractivity contribution in [1.82, 2.24) is 15.5 Å². The molecule has 0 saturated carbocycles. The first-order valence-corrected chi connectivity index (χ1v) is 10.6. The zero-order valence-corrected chi connectivity index (χ0v) is 18.2. The molecule has 2 aromatic carbocycles. The van der Waals surface area contributed by atoms with Crippen molar-refractivity contribution in [3.63, 3.8) is 0 Å². The van der Waals surface area contributed by atoms with E-state index < -0.39 is 0 Å². The molecule has 0 radical (unpaired) electrons. The molecule has 0 atom stereocenters. The van der Waals surface area contributed by atoms with Crippen LogP contribution >= 0.6 is 11.6 Å². The fourth-order valence-electron chi connectivity index (χ4n) is 3.44. The molecule has 31 heavy (non-hydrogen) atoms. The third-order valence-electron chi connectivity index (χ3n) is 5.32. The second-order valence-corrected chi connectivity index (χ2v) is 7.85. The number of carbonyl (C=O) groups is 3. The van der Waals surface area contributed by atoms with Crippen molar-refractivity contribution in [3.05, 3.63) is 64.7 Å². The minimum atomic E-state index is -0.250. The number of rotatable bonds is 7. The number of halogens is 1. The summed E-state index contributed by atoms with van der Waals surface area (Å²) < 4.78 is 5.10. The Labute approximate surface area is 186 Å². The predicted octanol–water partition coefficient (Wildman–Crippen LogP) is 2.63. The average molecular weight is 444 g/mol. The van der Waals surface area contributed by atoms with Crippen LogP contribution < -0.4 is 15.4 Å². The van der Waals surface area contributed by atoms with Crippen molar-refractivity contribution in [3.8, 4) is 5.75 Å². The topological polar surface area (TPSA) is 87.7 Å². The van der Waals surface area contributed by atoms with E-state index in [-0.39, 0.29) is 30.2 Å². The molecule has 0 aliphatic carbocycles. The molecule has 0 unspecified atom stereocenters. The van der Waals surface area contributed by atoms with Gasteiger partial charge >= 0.3 is 0 Å². The van der Waals surface area contributed by atoms with E-state index in [1.807, 2.05) is 24.3 Å². The molecule has 0 spiro atoms. The smallest absolute Gasteiger partial charge is 0.253 e. The lowest BCUT2D eigenvalue weighted by Crippen LogP contribution is -2.45. The number of piperidine rings is 1. The molecule has 1 aliphatic rings. The van der Waals surface area contributed by atoms with Gasteiger partial charge in [-0.05, 0) is 54.8 Å². The molecule has 2 N–H and O–H groups in total. The van der Waals surface area contributed by atoms with Gasteiger partial charge in [0.1, 0.15) is 5.75 Å². The van der Waals surface area contributed by atoms with Crippen LogP contribution in [0.15, 0.2) is 48.5 Å². The van der Waals surface area contributed by atoms with E-state index in [0.717, 1.165) is 11.3 Å². The first-order chi connectivity index (χ1) is 15.0. The number of hydrogen-bond acceptors (Lipinski definition) is 4. The Morgan fingerprint density at radius 3 is 2.26 bits per heavy atom. The Bertz CT molecular complexity index is 907. The summed E-state index contributed by atoms with van der Waals surface area (Å²) in [6.45, 7) is 1.31. The van der Waals surface area contributed by atoms with Gasteiger partial charge in [0.25, 0.3) is 5.91 Å². The third kappa shape index (κ3) is 6.46. The van der Waals surface area contributed by atoms with E-state index in [1.165, 1.54) is 0 Å². The molecule has 2 aromatic rings. The van der Waals surface area contributed by atoms with Crippen LogP contribution in [-0.2, 0) is 16.1 Å². The normalized spacial score (nSPS) is 14.1. The van der Waals surface area contributed by atoms with Crippen molar-refractivity contribution in [2.45, 2.75) is 19.4 Å². The first kappa shape index (κ1) is 22.6. The second-order valence-electron chi connectivity index (χ2n) is 7.42. The zero-order chi connectivity index (χ0) is 22.2. The Hall–Kier alpha value is -3.06. The van der Waals surface area contributed by atoms with Gasteiger partial charge in [-0.25, -0.2) is 0 Å². The maximum absolute atomic E-state index is 12.5. The summed E-state index contributed by atoms with van der Waals surface area (Å²) in [6, 6.07) is 14.2. The molecule has 1 aliphatic heterocycles. The van der Waals surface area contributed by atoms with E-state index >= 15 is 0 Å². The minimum Gasteiger partial charge on any atom is -0.497 e. The van der Waals surface area contributed by atoms with Gasteiger partial charge in [0.2, 0.25) is 11.8 Å². The van der Waals surface area contributed by atoms with E-state index in [0.29, 0.717) is 43.1 Å². The molecule has 164 valence electrons. The number of nitrogens with zero attached hydrogens (tertiary/aromatic N) is 1. The molecular formula is C23H26ClN3O4. The highest BCUT2D eigenvalue weighted by atomic mass is 35.5. The average Bonchev–Trinajstić information content (AvgIpc) is 2.81. The van der Waals surface area contributed by atoms with Crippen molar-refractivity contribution >= 4 is 29.3 Å². The van der Waals surface area contributed by atoms with Crippen LogP contribution in [-0.4, -0.2) is 49.4 Å². The maximum atomic E-state index is 12.5. The monoisotopic (exact) mass is 443 g/mol. The number of ether oxygens (including phenoxy) is 1. The fraction of sp³-hybridized carbons (Fsp3) is 0.348. The van der Waals surface area contributed by atoms with Gasteiger partial charge in [0.05, 0.1) is 13.7 Å². The molecule has 7 nitrogen and oxygen atoms in total. The standard InChI is InChI=1S/C23H26ClN3O4/c1-31-20-8-2-16(3-9-20)14-25-21(28)15-26-22(29)17-10-12-27(13-11-17)23(30)18-4-6-19(24)7-5-18/h2-9,17H,10-15H2,1H3,(H,25,28)(H,26,29). The SMILES string of the molecule is COc1ccc(CNC(=O)CNC(=O)C2CCN(C(=O)c3ccc(Cl)cc3)CC2)cc1. The highest BCUT2D eigenvalue weighted by Gasteiger charge is 2.28. The highest BCUT2D eigenvalue weighted by molar-refractivity contribution is 6.30. The summed E-state index contributed by atoms with van der Waals surface area (Å²) in [5.74, 6) is 0.0815. The lowest BCUT2D eigenvalue weighted by Gasteiger charge is -2.31. The number of likely N-dealkylation sites (tertiary alicyclic amines) is 1. The van der Waals surface area contributed by atoms with Crippen molar-refractivity contribution in [2.24, 2.45) is 5.92 Å². The van der Waals surface area contributed by atoms with Crippen LogP contribution in [0.1, 0.15) is 28.8 Å². The summed E-state index contributed by atoms with van der Waals surface area (Å²) in [5.41, 5.74) is 1.53. The number of hydrogen-bond donors (Lipinski definition) is 2. The van der Waals surface area contributed by atoms with Crippen LogP contribution in [0.3, 0.4) is 0 Å². The number of methoxy groups -OCH3 is 1. The summed E-state index contributed by atoms with van der Waals surface area (Å²) in [5, 5.41) is 6.06. The van der Waals surface area contributed by atoms with E-state index in [2.05, 4.69) is 10.6 Å². The van der Waals surface area contributed by atoms with Gasteiger partial charge < -0.3 is 20.3 Å². The highest BCUT2D eigenvalue weighted by Crippen LogP contribution is 2.20. The number of carbonyl (C=O) groups excluding carboxylic acids is 3. The molecule has 3 rings (SSSR count). The minimum absolute atomic E-state index is 0.0616. The number of benzene rings is 2. The molecule has 1 fully saturated rings. The van der Waals surface area contributed by atoms with Crippen LogP contribution in [0.25, 0.3) is 0 Å². The molecule has 0 aromatic heterocycles. The summed E-state index contributed by atoms with van der Waals surface area (Å²) in [7, 11) is 1.60. The lowest BCUT2D eigenvalue weighted by molar-refractivity contribution is -0.129. The quantitative estimate of drug-likeness (QED) is 0.688. The second kappa shape index (κ2) is 10.8. The molecule has 1 heterocycles. The molecular weight excluding hydrogens is 418 g/mol. The van der Waals surface area contributed by atoms with Gasteiger partial charge in [-0.3, -0.25) is 14.4 Å². The molecule has 3 amide bonds. The summed E-state index contributed by atoms with van der Waals surface area (Å²) in [4.78, 5) is 38.7. The van der Waals surface area contributed by atoms with E-state index in [1.54, 1.807) is 36.3 Å². The lowest BCUT2D eigenvalue weighted by atomic mass is 9.95. The number of amides is 3. The van der Waals surface area contributed by atoms with Crippen LogP contribution in [0.2, 0.25) is 5.02 Å². The Morgan fingerprint density at radius 2 is 1.65 bits per heavy atom. The largest absolute Gasteiger partial charge is 0.497 e. The fourth-order valence-corrected chi connectivity index (χ4v) is 3.56. The van der Waals surface area contributed by atoms with E-state index in [4.69, 9.17) is 16.3 Å². The Kier molecular flexibility index (Phi) is 7.89. The van der Waals surface area contributed by atoms with Crippen molar-refractivity contribution in [2.75, 3.05) is 26.7 Å². The van der Waals surface area contributed by atoms with Gasteiger partial charge in [-0.15, -0.1) is 0 Å². The van der Waals surface area contributed by atoms with Gasteiger partial charge in [0, 0.05) is 36.1 Å². The van der Waals surface area contributed by atoms with Crippen LogP contribution in [0, 0.1) is 5.92 Å². The molecule has 8 heteroatoms. The zero-order valence-electron chi connectivity index (χ0n) is 17.4. The van der Waals surface area contributed by atoms with Gasteiger partial charge in [-0.1, -0.05) is 23.7 Å². The number of nitrogens with one attached hydrogen (secondary N) is 2. The molecule has 1 saturated heterocycles. The molecule has 0 bridgehead atoms. The van der Waals surface area contributed by atoms with Crippen LogP contribution in [0.4, 0.5) is 0 Å². The van der Waals surface area contributed by atoms with Gasteiger partial charge in [-0.2, -0.15) is 0 Å². The predicted molar refractivity (Wildman–Crippen MR) is 118 cm³/mol. The van der Waals surface area contributed by atoms with E-state index in [9.17, 15) is 14.4 Å². The summed E-state index contributed by atoms with van der Waals surface area (Å²) >= 11 is 5.87. The third-order valence-corrected chi connectivity index (χ3v) is 5.57. The van der Waals surface area contributed by atoms with Crippen molar-refractivity contribution < 1.29 is 19.1 Å². The van der Waals surface area contributed by atoms with Crippen molar-refractivity contribution in [1.29, 1.82) is 0 Å². The summed E-state index contributed by atoms with van der Waals surface area (Å²) in [6.07, 6.45) is 1.14. The Morgan fingerprint density at radius 1 is 1.00 bits per heavy atom. The Balaban J connectivity index is 1.37. The van der Waals surface area contributed by atoms with Crippen LogP contribution in [0.5, 0.6) is 5.75 Å².